The summed E-state index contributed by atoms with van der Waals surface area (Å²) in [7, 11) is 4.02. The highest BCUT2D eigenvalue weighted by molar-refractivity contribution is 5.99. The van der Waals surface area contributed by atoms with Gasteiger partial charge in [0.05, 0.1) is 6.10 Å². The van der Waals surface area contributed by atoms with Gasteiger partial charge in [-0.1, -0.05) is 25.1 Å². The number of hydrogen-bond donors (Lipinski definition) is 2. The second-order valence-electron chi connectivity index (χ2n) is 9.00. The van der Waals surface area contributed by atoms with Gasteiger partial charge in [0.1, 0.15) is 5.54 Å². The van der Waals surface area contributed by atoms with Gasteiger partial charge in [-0.25, -0.2) is 0 Å². The number of anilines is 1. The third kappa shape index (κ3) is 4.50. The maximum Gasteiger partial charge on any atom is 0.244 e. The SMILES string of the molecule is CCN1CC[C@H](N2CCC(C(=O)Nc3c(C)cccc3C)(N(C)C)CC2)[C@@H](O)C1. The number of aliphatic hydroxyl groups is 1. The van der Waals surface area contributed by atoms with Crippen molar-refractivity contribution in [2.45, 2.75) is 57.7 Å². The van der Waals surface area contributed by atoms with Gasteiger partial charge in [0.25, 0.3) is 0 Å². The summed E-state index contributed by atoms with van der Waals surface area (Å²) in [5, 5.41) is 13.9. The molecule has 0 bridgehead atoms. The second-order valence-corrected chi connectivity index (χ2v) is 9.00. The predicted molar refractivity (Wildman–Crippen MR) is 118 cm³/mol. The Balaban J connectivity index is 1.69. The second kappa shape index (κ2) is 9.13. The van der Waals surface area contributed by atoms with Gasteiger partial charge >= 0.3 is 0 Å². The molecule has 0 unspecified atom stereocenters. The molecule has 29 heavy (non-hydrogen) atoms. The first-order valence-corrected chi connectivity index (χ1v) is 11.0. The summed E-state index contributed by atoms with van der Waals surface area (Å²) in [5.74, 6) is 0.0842. The molecule has 1 amide bonds. The monoisotopic (exact) mass is 402 g/mol. The van der Waals surface area contributed by atoms with Crippen molar-refractivity contribution in [1.82, 2.24) is 14.7 Å². The van der Waals surface area contributed by atoms with Crippen LogP contribution in [0.25, 0.3) is 0 Å². The van der Waals surface area contributed by atoms with Crippen molar-refractivity contribution in [2.24, 2.45) is 0 Å². The summed E-state index contributed by atoms with van der Waals surface area (Å²) < 4.78 is 0. The number of nitrogens with zero attached hydrogens (tertiary/aromatic N) is 3. The molecular formula is C23H38N4O2. The molecule has 3 rings (SSSR count). The average molecular weight is 403 g/mol. The van der Waals surface area contributed by atoms with Crippen molar-refractivity contribution in [2.75, 3.05) is 52.1 Å². The van der Waals surface area contributed by atoms with Crippen LogP contribution < -0.4 is 5.32 Å². The number of nitrogens with one attached hydrogen (secondary N) is 1. The minimum atomic E-state index is -0.514. The van der Waals surface area contributed by atoms with Crippen LogP contribution in [0.1, 0.15) is 37.3 Å². The lowest BCUT2D eigenvalue weighted by Gasteiger charge is -2.49. The van der Waals surface area contributed by atoms with Crippen molar-refractivity contribution in [3.8, 4) is 0 Å². The summed E-state index contributed by atoms with van der Waals surface area (Å²) in [6.07, 6.45) is 2.24. The van der Waals surface area contributed by atoms with Crippen molar-refractivity contribution in [1.29, 1.82) is 0 Å². The zero-order chi connectivity index (χ0) is 21.2. The number of aliphatic hydroxyl groups excluding tert-OH is 1. The molecule has 2 aliphatic heterocycles. The molecule has 2 saturated heterocycles. The van der Waals surface area contributed by atoms with Gasteiger partial charge in [0.15, 0.2) is 0 Å². The molecule has 0 aliphatic carbocycles. The van der Waals surface area contributed by atoms with E-state index in [9.17, 15) is 9.90 Å². The highest BCUT2D eigenvalue weighted by atomic mass is 16.3. The molecular weight excluding hydrogens is 364 g/mol. The topological polar surface area (TPSA) is 59.0 Å². The summed E-state index contributed by atoms with van der Waals surface area (Å²) in [6.45, 7) is 10.7. The molecule has 2 heterocycles. The number of likely N-dealkylation sites (N-methyl/N-ethyl adjacent to an activating group) is 2. The van der Waals surface area contributed by atoms with Crippen LogP contribution in [0.3, 0.4) is 0 Å². The van der Waals surface area contributed by atoms with E-state index in [4.69, 9.17) is 0 Å². The van der Waals surface area contributed by atoms with Crippen LogP contribution in [-0.2, 0) is 4.79 Å². The van der Waals surface area contributed by atoms with E-state index < -0.39 is 5.54 Å². The fourth-order valence-corrected chi connectivity index (χ4v) is 5.04. The van der Waals surface area contributed by atoms with Crippen LogP contribution in [-0.4, -0.2) is 90.2 Å². The Bertz CT molecular complexity index is 693. The summed E-state index contributed by atoms with van der Waals surface area (Å²) >= 11 is 0. The number of piperidine rings is 2. The van der Waals surface area contributed by atoms with Crippen molar-refractivity contribution in [3.05, 3.63) is 29.3 Å². The maximum absolute atomic E-state index is 13.4. The number of β-amino-alcohol motifs (C(OH)–C–C–N with tert-alkyl or cyclic N) is 1. The molecule has 1 aromatic carbocycles. The smallest absolute Gasteiger partial charge is 0.244 e. The van der Waals surface area contributed by atoms with Crippen LogP contribution >= 0.6 is 0 Å². The Morgan fingerprint density at radius 1 is 1.21 bits per heavy atom. The Hall–Kier alpha value is -1.47. The Morgan fingerprint density at radius 2 is 1.83 bits per heavy atom. The predicted octanol–water partition coefficient (Wildman–Crippen LogP) is 2.09. The minimum Gasteiger partial charge on any atom is -0.390 e. The third-order valence-electron chi connectivity index (χ3n) is 7.17. The van der Waals surface area contributed by atoms with E-state index in [1.807, 2.05) is 46.1 Å². The molecule has 2 aliphatic rings. The van der Waals surface area contributed by atoms with Crippen molar-refractivity contribution < 1.29 is 9.90 Å². The van der Waals surface area contributed by atoms with Crippen LogP contribution in [0.15, 0.2) is 18.2 Å². The first-order valence-electron chi connectivity index (χ1n) is 11.0. The van der Waals surface area contributed by atoms with Gasteiger partial charge in [-0.2, -0.15) is 0 Å². The fraction of sp³-hybridized carbons (Fsp3) is 0.696. The summed E-state index contributed by atoms with van der Waals surface area (Å²) in [5.41, 5.74) is 2.61. The molecule has 2 atom stereocenters. The number of carbonyl (C=O) groups excluding carboxylic acids is 1. The Labute approximate surface area is 175 Å². The number of benzene rings is 1. The lowest BCUT2D eigenvalue weighted by molar-refractivity contribution is -0.131. The molecule has 1 aromatic rings. The highest BCUT2D eigenvalue weighted by Gasteiger charge is 2.45. The van der Waals surface area contributed by atoms with Crippen LogP contribution in [0.2, 0.25) is 0 Å². The lowest BCUT2D eigenvalue weighted by atomic mass is 9.83. The standard InChI is InChI=1S/C23H38N4O2/c1-6-26-13-10-19(20(28)16-26)27-14-11-23(12-15-27,25(4)5)22(29)24-21-17(2)8-7-9-18(21)3/h7-9,19-20,28H,6,10-16H2,1-5H3,(H,24,29)/t19-,20-/m0/s1. The number of aryl methyl sites for hydroxylation is 2. The van der Waals surface area contributed by atoms with Gasteiger partial charge in [-0.05, 0) is 71.4 Å². The molecule has 0 saturated carbocycles. The van der Waals surface area contributed by atoms with E-state index in [0.29, 0.717) is 0 Å². The first-order chi connectivity index (χ1) is 13.8. The van der Waals surface area contributed by atoms with E-state index in [-0.39, 0.29) is 18.1 Å². The number of carbonyl (C=O) groups is 1. The first kappa shape index (κ1) is 22.2. The van der Waals surface area contributed by atoms with E-state index in [0.717, 1.165) is 68.8 Å². The van der Waals surface area contributed by atoms with Gasteiger partial charge in [-0.3, -0.25) is 14.6 Å². The Morgan fingerprint density at radius 3 is 2.34 bits per heavy atom. The molecule has 0 radical (unpaired) electrons. The normalized spacial score (nSPS) is 25.9. The van der Waals surface area contributed by atoms with E-state index in [1.165, 1.54) is 0 Å². The fourth-order valence-electron chi connectivity index (χ4n) is 5.04. The molecule has 0 spiro atoms. The average Bonchev–Trinajstić information content (AvgIpc) is 2.70. The third-order valence-corrected chi connectivity index (χ3v) is 7.17. The quantitative estimate of drug-likeness (QED) is 0.790. The van der Waals surface area contributed by atoms with E-state index in [2.05, 4.69) is 26.9 Å². The van der Waals surface area contributed by atoms with Gasteiger partial charge < -0.3 is 15.3 Å². The molecule has 162 valence electrons. The van der Waals surface area contributed by atoms with E-state index in [1.54, 1.807) is 0 Å². The van der Waals surface area contributed by atoms with Gasteiger partial charge in [-0.15, -0.1) is 0 Å². The van der Waals surface area contributed by atoms with Crippen LogP contribution in [0.5, 0.6) is 0 Å². The van der Waals surface area contributed by atoms with Crippen LogP contribution in [0.4, 0.5) is 5.69 Å². The number of amides is 1. The Kier molecular flexibility index (Phi) is 6.99. The zero-order valence-electron chi connectivity index (χ0n) is 18.7. The molecule has 2 N–H and O–H groups in total. The van der Waals surface area contributed by atoms with Gasteiger partial charge in [0, 0.05) is 31.4 Å². The van der Waals surface area contributed by atoms with Crippen molar-refractivity contribution in [3.63, 3.8) is 0 Å². The maximum atomic E-state index is 13.4. The number of hydrogen-bond acceptors (Lipinski definition) is 5. The number of likely N-dealkylation sites (tertiary alicyclic amines) is 2. The largest absolute Gasteiger partial charge is 0.390 e. The molecule has 2 fully saturated rings. The lowest BCUT2D eigenvalue weighted by Crippen LogP contribution is -2.63. The van der Waals surface area contributed by atoms with Gasteiger partial charge in [0.2, 0.25) is 5.91 Å². The van der Waals surface area contributed by atoms with Crippen molar-refractivity contribution >= 4 is 11.6 Å². The molecule has 0 aromatic heterocycles. The zero-order valence-corrected chi connectivity index (χ0v) is 18.7. The molecule has 6 nitrogen and oxygen atoms in total. The minimum absolute atomic E-state index is 0.0842. The number of rotatable bonds is 5. The number of para-hydroxylation sites is 1. The molecule has 6 heteroatoms. The highest BCUT2D eigenvalue weighted by Crippen LogP contribution is 2.32. The van der Waals surface area contributed by atoms with E-state index >= 15 is 0 Å². The summed E-state index contributed by atoms with van der Waals surface area (Å²) in [4.78, 5) is 20.2. The summed E-state index contributed by atoms with van der Waals surface area (Å²) in [6, 6.07) is 6.31. The van der Waals surface area contributed by atoms with Crippen LogP contribution in [0, 0.1) is 13.8 Å².